The van der Waals surface area contributed by atoms with E-state index in [2.05, 4.69) is 15.8 Å². The molecule has 0 atom stereocenters. The number of rotatable bonds is 2. The summed E-state index contributed by atoms with van der Waals surface area (Å²) in [5.41, 5.74) is 6.17. The maximum absolute atomic E-state index is 11.7. The van der Waals surface area contributed by atoms with Crippen LogP contribution in [0, 0.1) is 12.8 Å². The van der Waals surface area contributed by atoms with Crippen LogP contribution >= 0.6 is 0 Å². The fraction of sp³-hybridized carbons (Fsp3) is 0.462. The van der Waals surface area contributed by atoms with Gasteiger partial charge in [-0.15, -0.1) is 0 Å². The Morgan fingerprint density at radius 3 is 2.56 bits per heavy atom. The van der Waals surface area contributed by atoms with Gasteiger partial charge in [0.1, 0.15) is 0 Å². The Kier molecular flexibility index (Phi) is 3.92. The fourth-order valence-electron chi connectivity index (χ4n) is 2.08. The lowest BCUT2D eigenvalue weighted by molar-refractivity contribution is -0.125. The third kappa shape index (κ3) is 3.06. The van der Waals surface area contributed by atoms with E-state index in [1.54, 1.807) is 12.1 Å². The monoisotopic (exact) mass is 247 g/mol. The van der Waals surface area contributed by atoms with Crippen molar-refractivity contribution in [1.29, 1.82) is 0 Å². The molecule has 0 aromatic carbocycles. The van der Waals surface area contributed by atoms with Gasteiger partial charge in [-0.05, 0) is 31.9 Å². The summed E-state index contributed by atoms with van der Waals surface area (Å²) in [4.78, 5) is 27.4. The van der Waals surface area contributed by atoms with Crippen molar-refractivity contribution in [3.8, 4) is 0 Å². The van der Waals surface area contributed by atoms with Gasteiger partial charge in [-0.3, -0.25) is 25.4 Å². The van der Waals surface area contributed by atoms with Gasteiger partial charge in [0, 0.05) is 17.8 Å². The molecule has 2 N–H and O–H groups in total. The van der Waals surface area contributed by atoms with Crippen LogP contribution in [-0.4, -0.2) is 16.8 Å². The van der Waals surface area contributed by atoms with Crippen LogP contribution in [0.15, 0.2) is 18.3 Å². The van der Waals surface area contributed by atoms with Crippen LogP contribution in [0.3, 0.4) is 0 Å². The standard InChI is InChI=1S/C13H17N3O2/c1-9-6-7-11(8-14-9)13(18)16-15-12(17)10-4-2-3-5-10/h6-8,10H,2-5H2,1H3,(H,15,17)(H,16,18). The van der Waals surface area contributed by atoms with E-state index in [0.29, 0.717) is 5.56 Å². The molecule has 5 nitrogen and oxygen atoms in total. The summed E-state index contributed by atoms with van der Waals surface area (Å²) in [6, 6.07) is 3.44. The molecule has 0 unspecified atom stereocenters. The van der Waals surface area contributed by atoms with Gasteiger partial charge in [0.25, 0.3) is 5.91 Å². The lowest BCUT2D eigenvalue weighted by atomic mass is 10.1. The zero-order valence-electron chi connectivity index (χ0n) is 10.4. The van der Waals surface area contributed by atoms with Gasteiger partial charge in [-0.1, -0.05) is 12.8 Å². The van der Waals surface area contributed by atoms with Gasteiger partial charge < -0.3 is 0 Å². The van der Waals surface area contributed by atoms with Crippen LogP contribution in [0.5, 0.6) is 0 Å². The Hall–Kier alpha value is -1.91. The normalized spacial score (nSPS) is 15.4. The summed E-state index contributed by atoms with van der Waals surface area (Å²) in [5, 5.41) is 0. The minimum Gasteiger partial charge on any atom is -0.273 e. The number of carbonyl (C=O) groups excluding carboxylic acids is 2. The highest BCUT2D eigenvalue weighted by atomic mass is 16.2. The van der Waals surface area contributed by atoms with Crippen molar-refractivity contribution in [3.05, 3.63) is 29.6 Å². The molecule has 0 radical (unpaired) electrons. The van der Waals surface area contributed by atoms with E-state index >= 15 is 0 Å². The first kappa shape index (κ1) is 12.5. The second kappa shape index (κ2) is 5.62. The maximum atomic E-state index is 11.7. The molecule has 1 aromatic heterocycles. The fourth-order valence-corrected chi connectivity index (χ4v) is 2.08. The van der Waals surface area contributed by atoms with E-state index in [1.807, 2.05) is 6.92 Å². The zero-order chi connectivity index (χ0) is 13.0. The van der Waals surface area contributed by atoms with Crippen LogP contribution < -0.4 is 10.9 Å². The number of carbonyl (C=O) groups is 2. The Labute approximate surface area is 106 Å². The van der Waals surface area contributed by atoms with Gasteiger partial charge in [-0.25, -0.2) is 0 Å². The molecule has 1 saturated carbocycles. The Morgan fingerprint density at radius 2 is 1.94 bits per heavy atom. The van der Waals surface area contributed by atoms with Crippen LogP contribution in [0.1, 0.15) is 41.7 Å². The number of nitrogens with zero attached hydrogens (tertiary/aromatic N) is 1. The number of hydrogen-bond donors (Lipinski definition) is 2. The Bertz CT molecular complexity index is 436. The Morgan fingerprint density at radius 1 is 1.22 bits per heavy atom. The summed E-state index contributed by atoms with van der Waals surface area (Å²) in [5.74, 6) is -0.392. The van der Waals surface area contributed by atoms with Gasteiger partial charge in [0.15, 0.2) is 0 Å². The van der Waals surface area contributed by atoms with Crippen LogP contribution in [-0.2, 0) is 4.79 Å². The predicted molar refractivity (Wildman–Crippen MR) is 66.5 cm³/mol. The average Bonchev–Trinajstić information content (AvgIpc) is 2.90. The molecular formula is C13H17N3O2. The minimum atomic E-state index is -0.339. The van der Waals surface area contributed by atoms with E-state index < -0.39 is 0 Å². The molecule has 96 valence electrons. The van der Waals surface area contributed by atoms with Crippen LogP contribution in [0.4, 0.5) is 0 Å². The SMILES string of the molecule is Cc1ccc(C(=O)NNC(=O)C2CCCC2)cn1. The van der Waals surface area contributed by atoms with E-state index in [0.717, 1.165) is 31.4 Å². The summed E-state index contributed by atoms with van der Waals surface area (Å²) >= 11 is 0. The number of pyridine rings is 1. The molecule has 0 bridgehead atoms. The topological polar surface area (TPSA) is 71.1 Å². The van der Waals surface area contributed by atoms with Crippen molar-refractivity contribution < 1.29 is 9.59 Å². The highest BCUT2D eigenvalue weighted by Crippen LogP contribution is 2.24. The number of aromatic nitrogens is 1. The lowest BCUT2D eigenvalue weighted by Gasteiger charge is -2.11. The smallest absolute Gasteiger partial charge is 0.271 e. The van der Waals surface area contributed by atoms with Crippen molar-refractivity contribution in [2.75, 3.05) is 0 Å². The molecule has 5 heteroatoms. The molecule has 1 fully saturated rings. The molecule has 2 rings (SSSR count). The highest BCUT2D eigenvalue weighted by molar-refractivity contribution is 5.95. The molecule has 0 saturated heterocycles. The van der Waals surface area contributed by atoms with Crippen LogP contribution in [0.2, 0.25) is 0 Å². The summed E-state index contributed by atoms with van der Waals surface area (Å²) in [6.07, 6.45) is 5.50. The molecule has 2 amide bonds. The first-order valence-electron chi connectivity index (χ1n) is 6.19. The third-order valence-corrected chi connectivity index (χ3v) is 3.20. The molecule has 1 aliphatic rings. The third-order valence-electron chi connectivity index (χ3n) is 3.20. The first-order chi connectivity index (χ1) is 8.66. The molecule has 0 spiro atoms. The number of amides is 2. The van der Waals surface area contributed by atoms with Gasteiger partial charge >= 0.3 is 0 Å². The average molecular weight is 247 g/mol. The Balaban J connectivity index is 1.84. The van der Waals surface area contributed by atoms with Gasteiger partial charge in [-0.2, -0.15) is 0 Å². The minimum absolute atomic E-state index is 0.0430. The first-order valence-corrected chi connectivity index (χ1v) is 6.19. The molecule has 0 aliphatic heterocycles. The number of nitrogens with one attached hydrogen (secondary N) is 2. The molecule has 1 aromatic rings. The predicted octanol–water partition coefficient (Wildman–Crippen LogP) is 1.34. The van der Waals surface area contributed by atoms with Gasteiger partial charge in [0.2, 0.25) is 5.91 Å². The number of hydrazine groups is 1. The van der Waals surface area contributed by atoms with Gasteiger partial charge in [0.05, 0.1) is 5.56 Å². The van der Waals surface area contributed by atoms with E-state index in [1.165, 1.54) is 6.20 Å². The zero-order valence-corrected chi connectivity index (χ0v) is 10.4. The molecule has 1 aliphatic carbocycles. The molecular weight excluding hydrogens is 230 g/mol. The van der Waals surface area contributed by atoms with Crippen molar-refractivity contribution in [2.45, 2.75) is 32.6 Å². The maximum Gasteiger partial charge on any atom is 0.271 e. The van der Waals surface area contributed by atoms with E-state index in [-0.39, 0.29) is 17.7 Å². The van der Waals surface area contributed by atoms with Crippen molar-refractivity contribution >= 4 is 11.8 Å². The summed E-state index contributed by atoms with van der Waals surface area (Å²) in [7, 11) is 0. The highest BCUT2D eigenvalue weighted by Gasteiger charge is 2.22. The lowest BCUT2D eigenvalue weighted by Crippen LogP contribution is -2.44. The number of hydrogen-bond acceptors (Lipinski definition) is 3. The second-order valence-electron chi connectivity index (χ2n) is 4.61. The summed E-state index contributed by atoms with van der Waals surface area (Å²) in [6.45, 7) is 1.85. The molecule has 18 heavy (non-hydrogen) atoms. The largest absolute Gasteiger partial charge is 0.273 e. The van der Waals surface area contributed by atoms with Crippen molar-refractivity contribution in [2.24, 2.45) is 5.92 Å². The van der Waals surface area contributed by atoms with Crippen LogP contribution in [0.25, 0.3) is 0 Å². The molecule has 1 heterocycles. The number of aryl methyl sites for hydroxylation is 1. The second-order valence-corrected chi connectivity index (χ2v) is 4.61. The van der Waals surface area contributed by atoms with E-state index in [4.69, 9.17) is 0 Å². The quantitative estimate of drug-likeness (QED) is 0.775. The van der Waals surface area contributed by atoms with Crippen molar-refractivity contribution in [1.82, 2.24) is 15.8 Å². The van der Waals surface area contributed by atoms with E-state index in [9.17, 15) is 9.59 Å². The van der Waals surface area contributed by atoms with Crippen molar-refractivity contribution in [3.63, 3.8) is 0 Å². The summed E-state index contributed by atoms with van der Waals surface area (Å²) < 4.78 is 0.